The summed E-state index contributed by atoms with van der Waals surface area (Å²) in [5, 5.41) is 11.5. The number of nitrogens with one attached hydrogen (secondary N) is 1. The van der Waals surface area contributed by atoms with E-state index in [4.69, 9.17) is 5.11 Å². The van der Waals surface area contributed by atoms with Crippen molar-refractivity contribution >= 4 is 11.8 Å². The Balaban J connectivity index is 1.97. The lowest BCUT2D eigenvalue weighted by Gasteiger charge is -2.30. The molecule has 1 aromatic rings. The molecule has 0 unspecified atom stereocenters. The fourth-order valence-corrected chi connectivity index (χ4v) is 2.12. The minimum atomic E-state index is -0.185. The Labute approximate surface area is 119 Å². The summed E-state index contributed by atoms with van der Waals surface area (Å²) in [6.45, 7) is 3.60. The van der Waals surface area contributed by atoms with E-state index in [1.165, 1.54) is 0 Å². The van der Waals surface area contributed by atoms with Crippen LogP contribution in [0.3, 0.4) is 0 Å². The Hall–Kier alpha value is -2.06. The first-order chi connectivity index (χ1) is 9.69. The maximum absolute atomic E-state index is 12.1. The fraction of sp³-hybridized carbons (Fsp3) is 0.467. The number of urea groups is 1. The standard InChI is InChI=1S/C15H19N3O2/c1-12-5-8-18(9-6-12)15(20)17-14-11-13(3-2-10-19)4-7-16-14/h4,7,11-12,19H,5-6,8-10H2,1H3,(H,16,17,20). The van der Waals surface area contributed by atoms with E-state index in [-0.39, 0.29) is 12.6 Å². The summed E-state index contributed by atoms with van der Waals surface area (Å²) < 4.78 is 0. The quantitative estimate of drug-likeness (QED) is 0.765. The van der Waals surface area contributed by atoms with Crippen LogP contribution in [-0.4, -0.2) is 40.7 Å². The maximum Gasteiger partial charge on any atom is 0.323 e. The van der Waals surface area contributed by atoms with Crippen LogP contribution < -0.4 is 5.32 Å². The third-order valence-corrected chi connectivity index (χ3v) is 3.38. The van der Waals surface area contributed by atoms with Crippen LogP contribution in [0.2, 0.25) is 0 Å². The molecule has 106 valence electrons. The van der Waals surface area contributed by atoms with Gasteiger partial charge < -0.3 is 10.0 Å². The molecule has 0 aromatic carbocycles. The normalized spacial score (nSPS) is 15.4. The Bertz CT molecular complexity index is 525. The molecule has 2 heterocycles. The third-order valence-electron chi connectivity index (χ3n) is 3.38. The molecule has 1 fully saturated rings. The minimum absolute atomic E-state index is 0.114. The number of aromatic nitrogens is 1. The van der Waals surface area contributed by atoms with Crippen molar-refractivity contribution in [2.75, 3.05) is 25.0 Å². The van der Waals surface area contributed by atoms with Gasteiger partial charge in [0.25, 0.3) is 0 Å². The molecular formula is C15H19N3O2. The number of nitrogens with zero attached hydrogens (tertiary/aromatic N) is 2. The summed E-state index contributed by atoms with van der Waals surface area (Å²) in [5.74, 6) is 6.53. The van der Waals surface area contributed by atoms with Crippen LogP contribution in [0.25, 0.3) is 0 Å². The summed E-state index contributed by atoms with van der Waals surface area (Å²) in [6.07, 6.45) is 3.68. The third kappa shape index (κ3) is 3.97. The highest BCUT2D eigenvalue weighted by molar-refractivity contribution is 5.88. The highest BCUT2D eigenvalue weighted by atomic mass is 16.2. The lowest BCUT2D eigenvalue weighted by atomic mass is 10.00. The Kier molecular flexibility index (Phi) is 4.97. The van der Waals surface area contributed by atoms with Crippen LogP contribution in [0.15, 0.2) is 18.3 Å². The average molecular weight is 273 g/mol. The Morgan fingerprint density at radius 3 is 3.00 bits per heavy atom. The zero-order valence-corrected chi connectivity index (χ0v) is 11.6. The summed E-state index contributed by atoms with van der Waals surface area (Å²) in [5.41, 5.74) is 0.719. The van der Waals surface area contributed by atoms with Gasteiger partial charge in [0.15, 0.2) is 0 Å². The lowest BCUT2D eigenvalue weighted by molar-refractivity contribution is 0.186. The van der Waals surface area contributed by atoms with Crippen molar-refractivity contribution in [3.05, 3.63) is 23.9 Å². The number of carbonyl (C=O) groups excluding carboxylic acids is 1. The van der Waals surface area contributed by atoms with Crippen LogP contribution in [0, 0.1) is 17.8 Å². The number of amides is 2. The highest BCUT2D eigenvalue weighted by Crippen LogP contribution is 2.17. The van der Waals surface area contributed by atoms with Gasteiger partial charge >= 0.3 is 6.03 Å². The second-order valence-corrected chi connectivity index (χ2v) is 4.99. The van der Waals surface area contributed by atoms with Gasteiger partial charge in [-0.25, -0.2) is 9.78 Å². The summed E-state index contributed by atoms with van der Waals surface area (Å²) in [6, 6.07) is 3.32. The molecule has 2 amide bonds. The molecule has 1 saturated heterocycles. The average Bonchev–Trinajstić information content (AvgIpc) is 2.46. The summed E-state index contributed by atoms with van der Waals surface area (Å²) in [7, 11) is 0. The zero-order chi connectivity index (χ0) is 14.4. The number of anilines is 1. The van der Waals surface area contributed by atoms with Crippen LogP contribution in [0.4, 0.5) is 10.6 Å². The fourth-order valence-electron chi connectivity index (χ4n) is 2.12. The topological polar surface area (TPSA) is 65.5 Å². The van der Waals surface area contributed by atoms with Crippen molar-refractivity contribution in [3.8, 4) is 11.8 Å². The van der Waals surface area contributed by atoms with E-state index in [9.17, 15) is 4.79 Å². The van der Waals surface area contributed by atoms with Gasteiger partial charge in [-0.3, -0.25) is 5.32 Å². The zero-order valence-electron chi connectivity index (χ0n) is 11.6. The van der Waals surface area contributed by atoms with Gasteiger partial charge in [-0.05, 0) is 30.9 Å². The smallest absolute Gasteiger partial charge is 0.323 e. The first kappa shape index (κ1) is 14.4. The predicted molar refractivity (Wildman–Crippen MR) is 77.2 cm³/mol. The van der Waals surface area contributed by atoms with E-state index in [1.54, 1.807) is 18.3 Å². The van der Waals surface area contributed by atoms with Gasteiger partial charge in [0.1, 0.15) is 12.4 Å². The molecule has 0 bridgehead atoms. The number of rotatable bonds is 1. The lowest BCUT2D eigenvalue weighted by Crippen LogP contribution is -2.40. The number of hydrogen-bond acceptors (Lipinski definition) is 3. The first-order valence-corrected chi connectivity index (χ1v) is 6.80. The number of aliphatic hydroxyl groups excluding tert-OH is 1. The number of pyridine rings is 1. The van der Waals surface area contributed by atoms with Gasteiger partial charge in [-0.15, -0.1) is 0 Å². The van der Waals surface area contributed by atoms with Crippen molar-refractivity contribution < 1.29 is 9.90 Å². The van der Waals surface area contributed by atoms with E-state index >= 15 is 0 Å². The van der Waals surface area contributed by atoms with Crippen molar-refractivity contribution in [1.29, 1.82) is 0 Å². The molecular weight excluding hydrogens is 254 g/mol. The summed E-state index contributed by atoms with van der Waals surface area (Å²) in [4.78, 5) is 18.0. The van der Waals surface area contributed by atoms with Gasteiger partial charge in [0.2, 0.25) is 0 Å². The van der Waals surface area contributed by atoms with Crippen LogP contribution in [0.5, 0.6) is 0 Å². The molecule has 5 heteroatoms. The van der Waals surface area contributed by atoms with E-state index in [0.717, 1.165) is 31.5 Å². The SMILES string of the molecule is CC1CCN(C(=O)Nc2cc(C#CCO)ccn2)CC1. The number of aliphatic hydroxyl groups is 1. The summed E-state index contributed by atoms with van der Waals surface area (Å²) >= 11 is 0. The second-order valence-electron chi connectivity index (χ2n) is 4.99. The Morgan fingerprint density at radius 2 is 2.30 bits per heavy atom. The number of carbonyl (C=O) groups is 1. The van der Waals surface area contributed by atoms with E-state index < -0.39 is 0 Å². The monoisotopic (exact) mass is 273 g/mol. The minimum Gasteiger partial charge on any atom is -0.384 e. The molecule has 0 radical (unpaired) electrons. The Morgan fingerprint density at radius 1 is 1.55 bits per heavy atom. The second kappa shape index (κ2) is 6.92. The van der Waals surface area contributed by atoms with E-state index in [0.29, 0.717) is 11.7 Å². The van der Waals surface area contributed by atoms with Crippen LogP contribution in [-0.2, 0) is 0 Å². The molecule has 5 nitrogen and oxygen atoms in total. The number of piperidine rings is 1. The molecule has 0 aliphatic carbocycles. The van der Waals surface area contributed by atoms with E-state index in [2.05, 4.69) is 29.1 Å². The molecule has 1 aliphatic rings. The van der Waals surface area contributed by atoms with Crippen molar-refractivity contribution in [3.63, 3.8) is 0 Å². The number of likely N-dealkylation sites (tertiary alicyclic amines) is 1. The van der Waals surface area contributed by atoms with Crippen LogP contribution >= 0.6 is 0 Å². The molecule has 0 saturated carbocycles. The van der Waals surface area contributed by atoms with Gasteiger partial charge in [-0.1, -0.05) is 18.8 Å². The molecule has 20 heavy (non-hydrogen) atoms. The maximum atomic E-state index is 12.1. The molecule has 2 N–H and O–H groups in total. The highest BCUT2D eigenvalue weighted by Gasteiger charge is 2.20. The van der Waals surface area contributed by atoms with Crippen molar-refractivity contribution in [2.24, 2.45) is 5.92 Å². The van der Waals surface area contributed by atoms with Gasteiger partial charge in [0.05, 0.1) is 0 Å². The van der Waals surface area contributed by atoms with E-state index in [1.807, 2.05) is 4.90 Å². The van der Waals surface area contributed by atoms with Crippen LogP contribution in [0.1, 0.15) is 25.3 Å². The van der Waals surface area contributed by atoms with Crippen molar-refractivity contribution in [1.82, 2.24) is 9.88 Å². The van der Waals surface area contributed by atoms with Gasteiger partial charge in [-0.2, -0.15) is 0 Å². The van der Waals surface area contributed by atoms with Gasteiger partial charge in [0, 0.05) is 24.8 Å². The molecule has 0 spiro atoms. The number of hydrogen-bond donors (Lipinski definition) is 2. The predicted octanol–water partition coefficient (Wildman–Crippen LogP) is 1.69. The molecule has 2 rings (SSSR count). The molecule has 1 aliphatic heterocycles. The molecule has 1 aromatic heterocycles. The first-order valence-electron chi connectivity index (χ1n) is 6.80. The largest absolute Gasteiger partial charge is 0.384 e. The molecule has 0 atom stereocenters. The van der Waals surface area contributed by atoms with Crippen molar-refractivity contribution in [2.45, 2.75) is 19.8 Å².